The molecular formula is C38H38ClN5O5. The van der Waals surface area contributed by atoms with Gasteiger partial charge in [-0.05, 0) is 46.9 Å². The van der Waals surface area contributed by atoms with Crippen LogP contribution in [0.5, 0.6) is 5.75 Å². The van der Waals surface area contributed by atoms with Crippen molar-refractivity contribution in [3.05, 3.63) is 155 Å². The number of alkyl carbamates (subject to hydrolysis) is 1. The highest BCUT2D eigenvalue weighted by atomic mass is 35.5. The van der Waals surface area contributed by atoms with Crippen LogP contribution in [-0.4, -0.2) is 51.9 Å². The van der Waals surface area contributed by atoms with Crippen molar-refractivity contribution in [2.75, 3.05) is 13.1 Å². The van der Waals surface area contributed by atoms with Gasteiger partial charge in [0.2, 0.25) is 11.8 Å². The van der Waals surface area contributed by atoms with E-state index in [1.165, 1.54) is 11.2 Å². The average molecular weight is 680 g/mol. The normalized spacial score (nSPS) is 11.3. The molecule has 10 nitrogen and oxygen atoms in total. The van der Waals surface area contributed by atoms with E-state index in [0.717, 1.165) is 22.3 Å². The number of nitrogens with one attached hydrogen (secondary N) is 3. The lowest BCUT2D eigenvalue weighted by atomic mass is 10.1. The van der Waals surface area contributed by atoms with Crippen molar-refractivity contribution in [1.29, 1.82) is 0 Å². The Bertz CT molecular complexity index is 1770. The minimum atomic E-state index is -1.05. The van der Waals surface area contributed by atoms with Gasteiger partial charge in [0.05, 0.1) is 12.9 Å². The monoisotopic (exact) mass is 679 g/mol. The Balaban J connectivity index is 1.28. The summed E-state index contributed by atoms with van der Waals surface area (Å²) in [6, 6.07) is 32.8. The number of aromatic nitrogens is 2. The molecule has 0 saturated carbocycles. The number of rotatable bonds is 16. The first-order chi connectivity index (χ1) is 23.9. The summed E-state index contributed by atoms with van der Waals surface area (Å²) in [6.07, 6.45) is 2.95. The fourth-order valence-corrected chi connectivity index (χ4v) is 5.31. The standard InChI is InChI=1S/C38H38ClN5O5/c39-34-14-8-7-13-31(34)19-20-41-36(45)24-44(23-28-15-17-33(18-16-28)48-25-29-9-3-1-4-10-29)37(46)35(21-32-22-40-27-42-32)43-38(47)49-26-30-11-5-2-6-12-30/h1-18,22,27,35H,19-21,23-26H2,(H,40,42)(H,41,45)(H,43,47)/t35-/m0/s1. The Morgan fingerprint density at radius 1 is 0.816 bits per heavy atom. The van der Waals surface area contributed by atoms with Crippen LogP contribution in [0.15, 0.2) is 122 Å². The molecule has 5 aromatic rings. The number of ether oxygens (including phenoxy) is 2. The number of benzene rings is 4. The Kier molecular flexibility index (Phi) is 12.8. The summed E-state index contributed by atoms with van der Waals surface area (Å²) in [4.78, 5) is 48.8. The zero-order valence-corrected chi connectivity index (χ0v) is 27.6. The molecule has 0 bridgehead atoms. The summed E-state index contributed by atoms with van der Waals surface area (Å²) in [5.74, 6) is -0.144. The molecular weight excluding hydrogens is 642 g/mol. The lowest BCUT2D eigenvalue weighted by molar-refractivity contribution is -0.138. The molecule has 0 spiro atoms. The molecule has 11 heteroatoms. The summed E-state index contributed by atoms with van der Waals surface area (Å²) < 4.78 is 11.4. The first-order valence-corrected chi connectivity index (χ1v) is 16.3. The quantitative estimate of drug-likeness (QED) is 0.120. The van der Waals surface area contributed by atoms with Crippen molar-refractivity contribution in [2.45, 2.75) is 38.6 Å². The van der Waals surface area contributed by atoms with Crippen LogP contribution in [0.25, 0.3) is 0 Å². The van der Waals surface area contributed by atoms with Gasteiger partial charge in [0.15, 0.2) is 0 Å². The minimum absolute atomic E-state index is 0.0356. The summed E-state index contributed by atoms with van der Waals surface area (Å²) in [5, 5.41) is 6.23. The van der Waals surface area contributed by atoms with Crippen LogP contribution in [0, 0.1) is 0 Å². The van der Waals surface area contributed by atoms with Crippen LogP contribution in [0.1, 0.15) is 27.9 Å². The molecule has 252 valence electrons. The van der Waals surface area contributed by atoms with Gasteiger partial charge in [0.25, 0.3) is 0 Å². The first kappa shape index (κ1) is 34.7. The molecule has 0 unspecified atom stereocenters. The van der Waals surface area contributed by atoms with Crippen LogP contribution in [0.3, 0.4) is 0 Å². The van der Waals surface area contributed by atoms with Gasteiger partial charge in [0, 0.05) is 36.4 Å². The zero-order valence-electron chi connectivity index (χ0n) is 26.9. The zero-order chi connectivity index (χ0) is 34.3. The van der Waals surface area contributed by atoms with Crippen molar-refractivity contribution in [3.8, 4) is 5.75 Å². The van der Waals surface area contributed by atoms with E-state index in [0.29, 0.717) is 36.0 Å². The fourth-order valence-electron chi connectivity index (χ4n) is 5.07. The van der Waals surface area contributed by atoms with Gasteiger partial charge in [-0.1, -0.05) is 103 Å². The van der Waals surface area contributed by atoms with E-state index < -0.39 is 18.0 Å². The topological polar surface area (TPSA) is 126 Å². The minimum Gasteiger partial charge on any atom is -0.489 e. The molecule has 0 aliphatic rings. The predicted molar refractivity (Wildman–Crippen MR) is 187 cm³/mol. The van der Waals surface area contributed by atoms with Gasteiger partial charge in [-0.25, -0.2) is 9.78 Å². The summed E-state index contributed by atoms with van der Waals surface area (Å²) in [7, 11) is 0. The third kappa shape index (κ3) is 11.3. The maximum atomic E-state index is 14.2. The van der Waals surface area contributed by atoms with Crippen molar-refractivity contribution in [3.63, 3.8) is 0 Å². The molecule has 49 heavy (non-hydrogen) atoms. The molecule has 4 aromatic carbocycles. The second kappa shape index (κ2) is 18.1. The van der Waals surface area contributed by atoms with Gasteiger partial charge in [-0.3, -0.25) is 9.59 Å². The molecule has 3 amide bonds. The van der Waals surface area contributed by atoms with Crippen molar-refractivity contribution >= 4 is 29.5 Å². The molecule has 0 aliphatic carbocycles. The lowest BCUT2D eigenvalue weighted by Crippen LogP contribution is -2.52. The highest BCUT2D eigenvalue weighted by Gasteiger charge is 2.29. The van der Waals surface area contributed by atoms with Gasteiger partial charge >= 0.3 is 6.09 Å². The molecule has 0 saturated heterocycles. The third-order valence-corrected chi connectivity index (χ3v) is 8.02. The van der Waals surface area contributed by atoms with Crippen LogP contribution in [0.2, 0.25) is 5.02 Å². The summed E-state index contributed by atoms with van der Waals surface area (Å²) in [6.45, 7) is 0.651. The molecule has 0 radical (unpaired) electrons. The first-order valence-electron chi connectivity index (χ1n) is 15.9. The Morgan fingerprint density at radius 2 is 1.49 bits per heavy atom. The van der Waals surface area contributed by atoms with E-state index in [4.69, 9.17) is 21.1 Å². The predicted octanol–water partition coefficient (Wildman–Crippen LogP) is 5.87. The number of hydrogen-bond donors (Lipinski definition) is 3. The van der Waals surface area contributed by atoms with Crippen LogP contribution in [0.4, 0.5) is 4.79 Å². The number of carbonyl (C=O) groups excluding carboxylic acids is 3. The molecule has 0 aliphatic heterocycles. The number of amides is 3. The summed E-state index contributed by atoms with van der Waals surface area (Å²) >= 11 is 6.28. The van der Waals surface area contributed by atoms with Gasteiger partial charge in [-0.15, -0.1) is 0 Å². The largest absolute Gasteiger partial charge is 0.489 e. The van der Waals surface area contributed by atoms with E-state index in [1.54, 1.807) is 12.3 Å². The van der Waals surface area contributed by atoms with Crippen LogP contribution >= 0.6 is 11.6 Å². The van der Waals surface area contributed by atoms with Gasteiger partial charge < -0.3 is 30.0 Å². The van der Waals surface area contributed by atoms with Crippen molar-refractivity contribution < 1.29 is 23.9 Å². The smallest absolute Gasteiger partial charge is 0.408 e. The van der Waals surface area contributed by atoms with E-state index in [1.807, 2.05) is 103 Å². The number of nitrogens with zero attached hydrogens (tertiary/aromatic N) is 2. The third-order valence-electron chi connectivity index (χ3n) is 7.65. The number of H-pyrrole nitrogens is 1. The second-order valence-electron chi connectivity index (χ2n) is 11.3. The molecule has 1 atom stereocenters. The van der Waals surface area contributed by atoms with Crippen LogP contribution < -0.4 is 15.4 Å². The van der Waals surface area contributed by atoms with Crippen molar-refractivity contribution in [1.82, 2.24) is 25.5 Å². The highest BCUT2D eigenvalue weighted by Crippen LogP contribution is 2.17. The number of imidazole rings is 1. The van der Waals surface area contributed by atoms with Gasteiger partial charge in [0.1, 0.15) is 25.0 Å². The lowest BCUT2D eigenvalue weighted by Gasteiger charge is -2.27. The Morgan fingerprint density at radius 3 is 2.16 bits per heavy atom. The average Bonchev–Trinajstić information content (AvgIpc) is 3.64. The van der Waals surface area contributed by atoms with Gasteiger partial charge in [-0.2, -0.15) is 0 Å². The van der Waals surface area contributed by atoms with E-state index >= 15 is 0 Å². The Hall–Kier alpha value is -5.61. The van der Waals surface area contributed by atoms with Crippen LogP contribution in [-0.2, 0) is 46.9 Å². The molecule has 5 rings (SSSR count). The molecule has 3 N–H and O–H groups in total. The number of hydrogen-bond acceptors (Lipinski definition) is 6. The molecule has 0 fully saturated rings. The SMILES string of the molecule is O=C(CN(Cc1ccc(OCc2ccccc2)cc1)C(=O)[C@H](Cc1cnc[nH]1)NC(=O)OCc1ccccc1)NCCc1ccccc1Cl. The van der Waals surface area contributed by atoms with E-state index in [2.05, 4.69) is 20.6 Å². The Labute approximate surface area is 290 Å². The van der Waals surface area contributed by atoms with E-state index in [-0.39, 0.29) is 32.0 Å². The molecule has 1 aromatic heterocycles. The second-order valence-corrected chi connectivity index (χ2v) is 11.8. The fraction of sp³-hybridized carbons (Fsp3) is 0.211. The molecule has 1 heterocycles. The number of halogens is 1. The highest BCUT2D eigenvalue weighted by molar-refractivity contribution is 6.31. The maximum absolute atomic E-state index is 14.2. The maximum Gasteiger partial charge on any atom is 0.408 e. The van der Waals surface area contributed by atoms with Crippen molar-refractivity contribution in [2.24, 2.45) is 0 Å². The number of carbonyl (C=O) groups is 3. The van der Waals surface area contributed by atoms with E-state index in [9.17, 15) is 14.4 Å². The summed E-state index contributed by atoms with van der Waals surface area (Å²) in [5.41, 5.74) is 4.16. The number of aromatic amines is 1.